The number of pyridine rings is 1. The third-order valence-corrected chi connectivity index (χ3v) is 5.57. The number of carboxylic acids is 1. The third-order valence-electron chi connectivity index (χ3n) is 4.48. The van der Waals surface area contributed by atoms with Crippen LogP contribution in [0.5, 0.6) is 0 Å². The smallest absolute Gasteiger partial charge is 0.348 e. The lowest BCUT2D eigenvalue weighted by atomic mass is 10.0. The second-order valence-corrected chi connectivity index (χ2v) is 7.26. The highest BCUT2D eigenvalue weighted by Gasteiger charge is 2.33. The molecule has 0 aliphatic carbocycles. The second kappa shape index (κ2) is 6.10. The normalized spacial score (nSPS) is 13.2. The summed E-state index contributed by atoms with van der Waals surface area (Å²) in [6, 6.07) is 7.46. The highest BCUT2D eigenvalue weighted by atomic mass is 32.1. The van der Waals surface area contributed by atoms with E-state index in [2.05, 4.69) is 23.3 Å². The molecule has 1 aliphatic rings. The number of nitrogens with one attached hydrogen (secondary N) is 1. The molecule has 7 heteroatoms. The van der Waals surface area contributed by atoms with Crippen molar-refractivity contribution in [2.24, 2.45) is 0 Å². The van der Waals surface area contributed by atoms with E-state index in [4.69, 9.17) is 0 Å². The van der Waals surface area contributed by atoms with Gasteiger partial charge in [0.1, 0.15) is 9.71 Å². The van der Waals surface area contributed by atoms with Crippen molar-refractivity contribution in [3.8, 4) is 0 Å². The van der Waals surface area contributed by atoms with Crippen LogP contribution in [0.1, 0.15) is 34.1 Å². The van der Waals surface area contributed by atoms with Crippen LogP contribution in [0.15, 0.2) is 30.5 Å². The molecule has 2 amide bonds. The molecule has 1 aliphatic heterocycles. The Morgan fingerprint density at radius 3 is 2.81 bits per heavy atom. The van der Waals surface area contributed by atoms with E-state index in [1.807, 2.05) is 19.1 Å². The van der Waals surface area contributed by atoms with Crippen LogP contribution in [-0.2, 0) is 6.42 Å². The monoisotopic (exact) mass is 367 g/mol. The number of rotatable bonds is 4. The van der Waals surface area contributed by atoms with Gasteiger partial charge in [0.15, 0.2) is 0 Å². The first kappa shape index (κ1) is 16.5. The minimum atomic E-state index is -1.07. The summed E-state index contributed by atoms with van der Waals surface area (Å²) in [6.45, 7) is 4.11. The van der Waals surface area contributed by atoms with Crippen molar-refractivity contribution in [1.29, 1.82) is 0 Å². The summed E-state index contributed by atoms with van der Waals surface area (Å²) in [6.07, 6.45) is 3.66. The number of nitrogens with zero attached hydrogens (tertiary/aromatic N) is 2. The average molecular weight is 367 g/mol. The first-order valence-corrected chi connectivity index (χ1v) is 9.18. The van der Waals surface area contributed by atoms with E-state index in [0.717, 1.165) is 35.4 Å². The molecule has 0 bridgehead atoms. The van der Waals surface area contributed by atoms with Crippen LogP contribution >= 0.6 is 11.3 Å². The zero-order chi connectivity index (χ0) is 18.4. The summed E-state index contributed by atoms with van der Waals surface area (Å²) in [4.78, 5) is 30.9. The minimum Gasteiger partial charge on any atom is -0.477 e. The topological polar surface area (TPSA) is 82.5 Å². The number of hydrogen-bond acceptors (Lipinski definition) is 4. The maximum atomic E-state index is 12.8. The van der Waals surface area contributed by atoms with Gasteiger partial charge in [-0.2, -0.15) is 0 Å². The number of benzene rings is 1. The summed E-state index contributed by atoms with van der Waals surface area (Å²) in [5, 5.41) is 12.8. The number of anilines is 3. The van der Waals surface area contributed by atoms with E-state index in [-0.39, 0.29) is 10.9 Å². The maximum absolute atomic E-state index is 12.8. The molecule has 2 aromatic heterocycles. The molecule has 0 saturated carbocycles. The maximum Gasteiger partial charge on any atom is 0.348 e. The van der Waals surface area contributed by atoms with E-state index in [0.29, 0.717) is 21.6 Å². The predicted molar refractivity (Wildman–Crippen MR) is 103 cm³/mol. The number of hydrogen-bond donors (Lipinski definition) is 2. The van der Waals surface area contributed by atoms with Crippen LogP contribution in [0.4, 0.5) is 21.9 Å². The van der Waals surface area contributed by atoms with Crippen molar-refractivity contribution in [2.75, 3.05) is 10.2 Å². The predicted octanol–water partition coefficient (Wildman–Crippen LogP) is 4.94. The molecular formula is C19H17N3O3S. The van der Waals surface area contributed by atoms with Crippen LogP contribution < -0.4 is 10.2 Å². The summed E-state index contributed by atoms with van der Waals surface area (Å²) >= 11 is 1.07. The standard InChI is InChI=1S/C19H17N3O3S/c1-3-4-11-5-6-12(10(2)9-11)22-13-7-8-20-17-14(13)15(21-19(22)25)16(26-17)18(23)24/h5-9H,3-4H2,1-2H3,(H,21,25)(H,23,24). The molecule has 1 aromatic carbocycles. The highest BCUT2D eigenvalue weighted by Crippen LogP contribution is 2.46. The Morgan fingerprint density at radius 1 is 1.31 bits per heavy atom. The summed E-state index contributed by atoms with van der Waals surface area (Å²) in [5.74, 6) is -1.07. The van der Waals surface area contributed by atoms with E-state index in [1.165, 1.54) is 5.56 Å². The molecule has 0 radical (unpaired) electrons. The van der Waals surface area contributed by atoms with Crippen molar-refractivity contribution >= 4 is 50.6 Å². The molecule has 132 valence electrons. The zero-order valence-electron chi connectivity index (χ0n) is 14.4. The molecule has 0 saturated heterocycles. The molecule has 2 N–H and O–H groups in total. The average Bonchev–Trinajstić information content (AvgIpc) is 2.97. The SMILES string of the molecule is CCCc1ccc(N2C(=O)Nc3c(C(=O)O)sc4nccc2c34)c(C)c1. The van der Waals surface area contributed by atoms with Crippen LogP contribution in [0.2, 0.25) is 0 Å². The molecule has 0 atom stereocenters. The number of aromatic nitrogens is 1. The number of urea groups is 1. The lowest BCUT2D eigenvalue weighted by molar-refractivity contribution is 0.0703. The molecule has 3 aromatic rings. The quantitative estimate of drug-likeness (QED) is 0.684. The molecule has 0 spiro atoms. The fraction of sp³-hybridized carbons (Fsp3) is 0.211. The van der Waals surface area contributed by atoms with Gasteiger partial charge in [0.05, 0.1) is 22.4 Å². The van der Waals surface area contributed by atoms with E-state index >= 15 is 0 Å². The number of carbonyl (C=O) groups is 2. The molecule has 0 unspecified atom stereocenters. The largest absolute Gasteiger partial charge is 0.477 e. The van der Waals surface area contributed by atoms with Crippen LogP contribution in [0.25, 0.3) is 10.2 Å². The first-order chi connectivity index (χ1) is 12.5. The number of thiophene rings is 1. The van der Waals surface area contributed by atoms with Crippen LogP contribution in [0.3, 0.4) is 0 Å². The van der Waals surface area contributed by atoms with Gasteiger partial charge in [0, 0.05) is 6.20 Å². The number of amides is 2. The Balaban J connectivity index is 1.91. The number of aryl methyl sites for hydroxylation is 2. The lowest BCUT2D eigenvalue weighted by Gasteiger charge is -2.29. The van der Waals surface area contributed by atoms with E-state index < -0.39 is 5.97 Å². The first-order valence-electron chi connectivity index (χ1n) is 8.36. The molecule has 6 nitrogen and oxygen atoms in total. The summed E-state index contributed by atoms with van der Waals surface area (Å²) < 4.78 is 0. The van der Waals surface area contributed by atoms with Crippen LogP contribution in [0, 0.1) is 6.92 Å². The summed E-state index contributed by atoms with van der Waals surface area (Å²) in [5.41, 5.74) is 4.00. The van der Waals surface area contributed by atoms with Gasteiger partial charge in [-0.3, -0.25) is 4.90 Å². The van der Waals surface area contributed by atoms with Crippen molar-refractivity contribution in [2.45, 2.75) is 26.7 Å². The van der Waals surface area contributed by atoms with Gasteiger partial charge in [-0.05, 0) is 36.6 Å². The summed E-state index contributed by atoms with van der Waals surface area (Å²) in [7, 11) is 0. The minimum absolute atomic E-state index is 0.1000. The third kappa shape index (κ3) is 2.43. The molecular weight excluding hydrogens is 350 g/mol. The zero-order valence-corrected chi connectivity index (χ0v) is 15.2. The fourth-order valence-corrected chi connectivity index (χ4v) is 4.34. The van der Waals surface area contributed by atoms with Crippen molar-refractivity contribution in [3.05, 3.63) is 46.5 Å². The molecule has 26 heavy (non-hydrogen) atoms. The van der Waals surface area contributed by atoms with Gasteiger partial charge in [0.2, 0.25) is 0 Å². The second-order valence-electron chi connectivity index (χ2n) is 6.26. The van der Waals surface area contributed by atoms with Gasteiger partial charge in [-0.25, -0.2) is 14.6 Å². The number of carbonyl (C=O) groups excluding carboxylic acids is 1. The Labute approximate surface area is 154 Å². The molecule has 0 fully saturated rings. The van der Waals surface area contributed by atoms with Crippen molar-refractivity contribution in [3.63, 3.8) is 0 Å². The number of carboxylic acid groups (broad SMARTS) is 1. The molecule has 4 rings (SSSR count). The van der Waals surface area contributed by atoms with E-state index in [9.17, 15) is 14.7 Å². The van der Waals surface area contributed by atoms with Gasteiger partial charge in [-0.1, -0.05) is 25.5 Å². The lowest BCUT2D eigenvalue weighted by Crippen LogP contribution is -2.34. The Kier molecular flexibility index (Phi) is 3.88. The van der Waals surface area contributed by atoms with Gasteiger partial charge < -0.3 is 10.4 Å². The van der Waals surface area contributed by atoms with Gasteiger partial charge in [0.25, 0.3) is 0 Å². The highest BCUT2D eigenvalue weighted by molar-refractivity contribution is 7.21. The Hall–Kier alpha value is -2.93. The van der Waals surface area contributed by atoms with E-state index in [1.54, 1.807) is 17.2 Å². The van der Waals surface area contributed by atoms with Gasteiger partial charge in [-0.15, -0.1) is 11.3 Å². The number of aromatic carboxylic acids is 1. The molecule has 3 heterocycles. The van der Waals surface area contributed by atoms with Crippen molar-refractivity contribution < 1.29 is 14.7 Å². The Morgan fingerprint density at radius 2 is 2.12 bits per heavy atom. The fourth-order valence-electron chi connectivity index (χ4n) is 3.39. The van der Waals surface area contributed by atoms with Crippen molar-refractivity contribution in [1.82, 2.24) is 4.98 Å². The Bertz CT molecular complexity index is 1060. The van der Waals surface area contributed by atoms with Crippen LogP contribution in [-0.4, -0.2) is 22.1 Å². The van der Waals surface area contributed by atoms with Gasteiger partial charge >= 0.3 is 12.0 Å².